The van der Waals surface area contributed by atoms with Gasteiger partial charge in [0.15, 0.2) is 10.9 Å². The van der Waals surface area contributed by atoms with Gasteiger partial charge in [-0.1, -0.05) is 6.08 Å². The summed E-state index contributed by atoms with van der Waals surface area (Å²) in [5, 5.41) is -0.386. The van der Waals surface area contributed by atoms with Crippen LogP contribution in [0.15, 0.2) is 12.2 Å². The van der Waals surface area contributed by atoms with Gasteiger partial charge in [-0.3, -0.25) is 9.59 Å². The second-order valence-corrected chi connectivity index (χ2v) is 2.40. The SMILES string of the molecule is CC=CC(=O)C(C)C(=O)S. The van der Waals surface area contributed by atoms with Crippen LogP contribution >= 0.6 is 12.6 Å². The third-order valence-electron chi connectivity index (χ3n) is 1.13. The molecule has 0 N–H and O–H groups in total. The zero-order valence-electron chi connectivity index (χ0n) is 6.00. The van der Waals surface area contributed by atoms with Crippen molar-refractivity contribution in [3.8, 4) is 0 Å². The number of carbonyl (C=O) groups is 2. The number of thiol groups is 1. The maximum absolute atomic E-state index is 10.8. The van der Waals surface area contributed by atoms with Crippen molar-refractivity contribution >= 4 is 23.5 Å². The van der Waals surface area contributed by atoms with E-state index in [0.29, 0.717) is 0 Å². The third-order valence-corrected chi connectivity index (χ3v) is 1.52. The molecule has 0 rings (SSSR count). The molecule has 2 nitrogen and oxygen atoms in total. The number of carbonyl (C=O) groups excluding carboxylic acids is 2. The second-order valence-electron chi connectivity index (χ2n) is 1.96. The van der Waals surface area contributed by atoms with Crippen LogP contribution in [-0.2, 0) is 9.59 Å². The Bertz CT molecular complexity index is 172. The predicted octanol–water partition coefficient (Wildman–Crippen LogP) is 1.22. The van der Waals surface area contributed by atoms with E-state index in [9.17, 15) is 9.59 Å². The van der Waals surface area contributed by atoms with Gasteiger partial charge in [0.1, 0.15) is 0 Å². The van der Waals surface area contributed by atoms with Crippen LogP contribution in [0.3, 0.4) is 0 Å². The minimum Gasteiger partial charge on any atom is -0.294 e. The van der Waals surface area contributed by atoms with Crippen LogP contribution in [0, 0.1) is 5.92 Å². The monoisotopic (exact) mass is 158 g/mol. The normalized spacial score (nSPS) is 13.5. The van der Waals surface area contributed by atoms with Crippen LogP contribution in [-0.4, -0.2) is 10.9 Å². The van der Waals surface area contributed by atoms with Crippen molar-refractivity contribution in [2.75, 3.05) is 0 Å². The molecule has 0 bridgehead atoms. The van der Waals surface area contributed by atoms with E-state index in [1.807, 2.05) is 0 Å². The lowest BCUT2D eigenvalue weighted by molar-refractivity contribution is -0.124. The highest BCUT2D eigenvalue weighted by molar-refractivity contribution is 7.96. The fourth-order valence-corrected chi connectivity index (χ4v) is 0.558. The van der Waals surface area contributed by atoms with Crippen LogP contribution in [0.1, 0.15) is 13.8 Å². The number of hydrogen-bond acceptors (Lipinski definition) is 2. The highest BCUT2D eigenvalue weighted by Crippen LogP contribution is 2.02. The maximum atomic E-state index is 10.8. The van der Waals surface area contributed by atoms with Gasteiger partial charge in [-0.25, -0.2) is 0 Å². The fourth-order valence-electron chi connectivity index (χ4n) is 0.430. The van der Waals surface area contributed by atoms with Crippen molar-refractivity contribution < 1.29 is 9.59 Å². The average molecular weight is 158 g/mol. The predicted molar refractivity (Wildman–Crippen MR) is 43.0 cm³/mol. The highest BCUT2D eigenvalue weighted by atomic mass is 32.1. The Morgan fingerprint density at radius 2 is 2.00 bits per heavy atom. The molecule has 0 aliphatic rings. The van der Waals surface area contributed by atoms with Crippen molar-refractivity contribution in [1.29, 1.82) is 0 Å². The number of ketones is 1. The summed E-state index contributed by atoms with van der Waals surface area (Å²) in [5.41, 5.74) is 0. The summed E-state index contributed by atoms with van der Waals surface area (Å²) >= 11 is 3.53. The van der Waals surface area contributed by atoms with Gasteiger partial charge in [0.2, 0.25) is 0 Å². The summed E-state index contributed by atoms with van der Waals surface area (Å²) in [6.07, 6.45) is 2.98. The molecule has 1 atom stereocenters. The van der Waals surface area contributed by atoms with E-state index >= 15 is 0 Å². The first kappa shape index (κ1) is 9.43. The highest BCUT2D eigenvalue weighted by Gasteiger charge is 2.14. The lowest BCUT2D eigenvalue weighted by atomic mass is 10.1. The largest absolute Gasteiger partial charge is 0.294 e. The van der Waals surface area contributed by atoms with Crippen molar-refractivity contribution in [2.45, 2.75) is 13.8 Å². The van der Waals surface area contributed by atoms with Crippen LogP contribution < -0.4 is 0 Å². The van der Waals surface area contributed by atoms with Crippen LogP contribution in [0.4, 0.5) is 0 Å². The van der Waals surface area contributed by atoms with Gasteiger partial charge in [0, 0.05) is 0 Å². The summed E-state index contributed by atoms with van der Waals surface area (Å²) in [6, 6.07) is 0. The van der Waals surface area contributed by atoms with E-state index in [0.717, 1.165) is 0 Å². The molecule has 0 fully saturated rings. The Balaban J connectivity index is 4.08. The van der Waals surface area contributed by atoms with Crippen LogP contribution in [0.25, 0.3) is 0 Å². The van der Waals surface area contributed by atoms with Crippen molar-refractivity contribution in [1.82, 2.24) is 0 Å². The number of rotatable bonds is 3. The summed E-state index contributed by atoms with van der Waals surface area (Å²) in [4.78, 5) is 21.3. The molecular formula is C7H10O2S. The van der Waals surface area contributed by atoms with E-state index in [-0.39, 0.29) is 10.9 Å². The van der Waals surface area contributed by atoms with E-state index in [4.69, 9.17) is 0 Å². The van der Waals surface area contributed by atoms with Gasteiger partial charge in [-0.05, 0) is 19.9 Å². The van der Waals surface area contributed by atoms with Crippen molar-refractivity contribution in [3.05, 3.63) is 12.2 Å². The fraction of sp³-hybridized carbons (Fsp3) is 0.429. The Hall–Kier alpha value is -0.570. The Morgan fingerprint density at radius 3 is 2.30 bits per heavy atom. The molecule has 0 amide bonds. The summed E-state index contributed by atoms with van der Waals surface area (Å²) in [6.45, 7) is 3.27. The molecule has 0 saturated heterocycles. The minimum atomic E-state index is -0.612. The van der Waals surface area contributed by atoms with E-state index < -0.39 is 5.92 Å². The smallest absolute Gasteiger partial charge is 0.196 e. The summed E-state index contributed by atoms with van der Waals surface area (Å²) in [5.74, 6) is -0.804. The molecule has 0 aliphatic carbocycles. The standard InChI is InChI=1S/C7H10O2S/c1-3-4-6(8)5(2)7(9)10/h3-5H,1-2H3,(H,9,10). The Morgan fingerprint density at radius 1 is 1.50 bits per heavy atom. The molecule has 0 aromatic heterocycles. The molecule has 1 unspecified atom stereocenters. The molecule has 0 aromatic rings. The van der Waals surface area contributed by atoms with E-state index in [2.05, 4.69) is 12.6 Å². The van der Waals surface area contributed by atoms with Crippen LogP contribution in [0.2, 0.25) is 0 Å². The number of hydrogen-bond donors (Lipinski definition) is 1. The van der Waals surface area contributed by atoms with Gasteiger partial charge >= 0.3 is 0 Å². The quantitative estimate of drug-likeness (QED) is 0.381. The summed E-state index contributed by atoms with van der Waals surface area (Å²) in [7, 11) is 0. The van der Waals surface area contributed by atoms with Gasteiger partial charge in [-0.15, -0.1) is 12.6 Å². The second kappa shape index (κ2) is 4.28. The van der Waals surface area contributed by atoms with Crippen molar-refractivity contribution in [2.24, 2.45) is 5.92 Å². The first-order valence-corrected chi connectivity index (χ1v) is 3.43. The molecule has 0 heterocycles. The molecule has 0 saturated carbocycles. The molecule has 0 aromatic carbocycles. The Kier molecular flexibility index (Phi) is 4.03. The molecule has 0 radical (unpaired) electrons. The van der Waals surface area contributed by atoms with Gasteiger partial charge in [0.25, 0.3) is 0 Å². The molecular weight excluding hydrogens is 148 g/mol. The van der Waals surface area contributed by atoms with Gasteiger partial charge in [0.05, 0.1) is 5.92 Å². The van der Waals surface area contributed by atoms with Crippen molar-refractivity contribution in [3.63, 3.8) is 0 Å². The van der Waals surface area contributed by atoms with Gasteiger partial charge in [-0.2, -0.15) is 0 Å². The first-order chi connectivity index (χ1) is 4.59. The third kappa shape index (κ3) is 2.82. The molecule has 0 aliphatic heterocycles. The Labute approximate surface area is 65.7 Å². The molecule has 3 heteroatoms. The van der Waals surface area contributed by atoms with E-state index in [1.165, 1.54) is 13.0 Å². The summed E-state index contributed by atoms with van der Waals surface area (Å²) < 4.78 is 0. The number of allylic oxidation sites excluding steroid dienone is 2. The maximum Gasteiger partial charge on any atom is 0.196 e. The lowest BCUT2D eigenvalue weighted by Gasteiger charge is -1.98. The zero-order chi connectivity index (χ0) is 8.15. The molecule has 56 valence electrons. The van der Waals surface area contributed by atoms with Gasteiger partial charge < -0.3 is 0 Å². The topological polar surface area (TPSA) is 34.1 Å². The first-order valence-electron chi connectivity index (χ1n) is 2.99. The average Bonchev–Trinajstić information content (AvgIpc) is 1.87. The molecule has 0 spiro atoms. The van der Waals surface area contributed by atoms with Crippen LogP contribution in [0.5, 0.6) is 0 Å². The minimum absolute atomic E-state index is 0.192. The van der Waals surface area contributed by atoms with E-state index in [1.54, 1.807) is 13.0 Å². The molecule has 10 heavy (non-hydrogen) atoms. The zero-order valence-corrected chi connectivity index (χ0v) is 6.89. The lowest BCUT2D eigenvalue weighted by Crippen LogP contribution is -2.14.